The molecule has 0 aromatic rings. The molecule has 2 nitrogen and oxygen atoms in total. The van der Waals surface area contributed by atoms with Gasteiger partial charge < -0.3 is 4.74 Å². The van der Waals surface area contributed by atoms with Crippen LogP contribution >= 0.6 is 0 Å². The second kappa shape index (κ2) is 4.37. The molecular weight excluding hydrogens is 140 g/mol. The van der Waals surface area contributed by atoms with Crippen molar-refractivity contribution in [2.45, 2.75) is 45.1 Å². The van der Waals surface area contributed by atoms with E-state index in [1.165, 1.54) is 12.8 Å². The third-order valence-electron chi connectivity index (χ3n) is 1.97. The van der Waals surface area contributed by atoms with Gasteiger partial charge in [-0.15, -0.1) is 0 Å². The minimum atomic E-state index is -0.0700. The van der Waals surface area contributed by atoms with Gasteiger partial charge in [0.25, 0.3) is 0 Å². The van der Waals surface area contributed by atoms with Gasteiger partial charge in [0.1, 0.15) is 6.10 Å². The SMILES string of the molecule is C[CH]CC(=O)OC1CCCC1. The third-order valence-corrected chi connectivity index (χ3v) is 1.97. The van der Waals surface area contributed by atoms with Crippen LogP contribution in [0.2, 0.25) is 0 Å². The quantitative estimate of drug-likeness (QED) is 0.583. The fourth-order valence-corrected chi connectivity index (χ4v) is 1.41. The molecule has 1 radical (unpaired) electrons. The largest absolute Gasteiger partial charge is 0.462 e. The van der Waals surface area contributed by atoms with Crippen molar-refractivity contribution in [3.05, 3.63) is 6.42 Å². The fraction of sp³-hybridized carbons (Fsp3) is 0.778. The third kappa shape index (κ3) is 2.91. The number of hydrogen-bond donors (Lipinski definition) is 0. The maximum atomic E-state index is 10.9. The summed E-state index contributed by atoms with van der Waals surface area (Å²) in [5.41, 5.74) is 0. The van der Waals surface area contributed by atoms with E-state index in [9.17, 15) is 4.79 Å². The lowest BCUT2D eigenvalue weighted by molar-refractivity contribution is -0.147. The van der Waals surface area contributed by atoms with Gasteiger partial charge in [-0.1, -0.05) is 6.92 Å². The van der Waals surface area contributed by atoms with Crippen LogP contribution in [-0.4, -0.2) is 12.1 Å². The van der Waals surface area contributed by atoms with Gasteiger partial charge in [-0.3, -0.25) is 4.79 Å². The van der Waals surface area contributed by atoms with Crippen LogP contribution in [-0.2, 0) is 9.53 Å². The molecule has 0 saturated heterocycles. The first kappa shape index (κ1) is 8.57. The molecule has 0 aromatic carbocycles. The van der Waals surface area contributed by atoms with Crippen molar-refractivity contribution >= 4 is 5.97 Å². The number of carbonyl (C=O) groups is 1. The first-order valence-electron chi connectivity index (χ1n) is 4.30. The monoisotopic (exact) mass is 155 g/mol. The minimum Gasteiger partial charge on any atom is -0.462 e. The average molecular weight is 155 g/mol. The standard InChI is InChI=1S/C9H15O2/c1-2-5-9(10)11-8-6-3-4-7-8/h2,8H,3-7H2,1H3. The van der Waals surface area contributed by atoms with Gasteiger partial charge in [0.05, 0.1) is 0 Å². The summed E-state index contributed by atoms with van der Waals surface area (Å²) in [5.74, 6) is -0.0700. The van der Waals surface area contributed by atoms with Crippen molar-refractivity contribution in [3.63, 3.8) is 0 Å². The molecular formula is C9H15O2. The Bertz CT molecular complexity index is 126. The highest BCUT2D eigenvalue weighted by Gasteiger charge is 2.18. The molecule has 1 aliphatic rings. The van der Waals surface area contributed by atoms with Gasteiger partial charge in [0.15, 0.2) is 0 Å². The molecule has 0 atom stereocenters. The van der Waals surface area contributed by atoms with Crippen LogP contribution in [0.15, 0.2) is 0 Å². The van der Waals surface area contributed by atoms with Crippen molar-refractivity contribution in [3.8, 4) is 0 Å². The van der Waals surface area contributed by atoms with Crippen LogP contribution in [0.1, 0.15) is 39.0 Å². The number of rotatable bonds is 3. The number of esters is 1. The first-order valence-corrected chi connectivity index (χ1v) is 4.30. The van der Waals surface area contributed by atoms with Crippen LogP contribution in [0.5, 0.6) is 0 Å². The Morgan fingerprint density at radius 3 is 2.73 bits per heavy atom. The van der Waals surface area contributed by atoms with E-state index in [0.717, 1.165) is 12.8 Å². The van der Waals surface area contributed by atoms with Crippen LogP contribution in [0.3, 0.4) is 0 Å². The van der Waals surface area contributed by atoms with Gasteiger partial charge in [0.2, 0.25) is 0 Å². The summed E-state index contributed by atoms with van der Waals surface area (Å²) in [5, 5.41) is 0. The Morgan fingerprint density at radius 1 is 1.55 bits per heavy atom. The number of ether oxygens (including phenoxy) is 1. The Hall–Kier alpha value is -0.530. The Labute approximate surface area is 67.9 Å². The molecule has 1 rings (SSSR count). The molecule has 11 heavy (non-hydrogen) atoms. The molecule has 0 aromatic heterocycles. The molecule has 63 valence electrons. The molecule has 1 saturated carbocycles. The van der Waals surface area contributed by atoms with E-state index in [1.54, 1.807) is 0 Å². The molecule has 0 unspecified atom stereocenters. The van der Waals surface area contributed by atoms with Crippen molar-refractivity contribution < 1.29 is 9.53 Å². The van der Waals surface area contributed by atoms with Gasteiger partial charge in [-0.2, -0.15) is 0 Å². The summed E-state index contributed by atoms with van der Waals surface area (Å²) in [4.78, 5) is 10.9. The summed E-state index contributed by atoms with van der Waals surface area (Å²) >= 11 is 0. The molecule has 1 fully saturated rings. The molecule has 0 heterocycles. The normalized spacial score (nSPS) is 18.6. The van der Waals surface area contributed by atoms with E-state index in [1.807, 2.05) is 13.3 Å². The molecule has 0 aliphatic heterocycles. The average Bonchev–Trinajstić information content (AvgIpc) is 2.40. The molecule has 0 spiro atoms. The van der Waals surface area contributed by atoms with Gasteiger partial charge in [-0.05, 0) is 32.1 Å². The molecule has 0 amide bonds. The predicted molar refractivity (Wildman–Crippen MR) is 42.9 cm³/mol. The Morgan fingerprint density at radius 2 is 2.18 bits per heavy atom. The van der Waals surface area contributed by atoms with Crippen molar-refractivity contribution in [2.75, 3.05) is 0 Å². The van der Waals surface area contributed by atoms with Gasteiger partial charge in [-0.25, -0.2) is 0 Å². The molecule has 0 N–H and O–H groups in total. The van der Waals surface area contributed by atoms with E-state index < -0.39 is 0 Å². The number of carbonyl (C=O) groups excluding carboxylic acids is 1. The van der Waals surface area contributed by atoms with Gasteiger partial charge >= 0.3 is 5.97 Å². The van der Waals surface area contributed by atoms with Crippen LogP contribution in [0.25, 0.3) is 0 Å². The van der Waals surface area contributed by atoms with Crippen molar-refractivity contribution in [2.24, 2.45) is 0 Å². The zero-order valence-electron chi connectivity index (χ0n) is 7.01. The zero-order valence-corrected chi connectivity index (χ0v) is 7.01. The maximum absolute atomic E-state index is 10.9. The molecule has 2 heteroatoms. The zero-order chi connectivity index (χ0) is 8.10. The van der Waals surface area contributed by atoms with E-state index in [4.69, 9.17) is 4.74 Å². The highest BCUT2D eigenvalue weighted by molar-refractivity contribution is 5.70. The lowest BCUT2D eigenvalue weighted by atomic mass is 10.3. The Balaban J connectivity index is 2.13. The van der Waals surface area contributed by atoms with E-state index in [2.05, 4.69) is 0 Å². The van der Waals surface area contributed by atoms with Crippen LogP contribution in [0, 0.1) is 6.42 Å². The van der Waals surface area contributed by atoms with Crippen molar-refractivity contribution in [1.29, 1.82) is 0 Å². The Kier molecular flexibility index (Phi) is 3.40. The second-order valence-electron chi connectivity index (χ2n) is 3.01. The van der Waals surface area contributed by atoms with Crippen LogP contribution in [0.4, 0.5) is 0 Å². The summed E-state index contributed by atoms with van der Waals surface area (Å²) in [6.45, 7) is 1.87. The summed E-state index contributed by atoms with van der Waals surface area (Å²) in [6, 6.07) is 0. The first-order chi connectivity index (χ1) is 5.33. The molecule has 0 bridgehead atoms. The highest BCUT2D eigenvalue weighted by atomic mass is 16.5. The lowest BCUT2D eigenvalue weighted by Crippen LogP contribution is -2.13. The lowest BCUT2D eigenvalue weighted by Gasteiger charge is -2.09. The summed E-state index contributed by atoms with van der Waals surface area (Å²) in [6.07, 6.45) is 7.07. The summed E-state index contributed by atoms with van der Waals surface area (Å²) in [7, 11) is 0. The van der Waals surface area contributed by atoms with Crippen LogP contribution < -0.4 is 0 Å². The maximum Gasteiger partial charge on any atom is 0.306 e. The summed E-state index contributed by atoms with van der Waals surface area (Å²) < 4.78 is 5.18. The van der Waals surface area contributed by atoms with Crippen molar-refractivity contribution in [1.82, 2.24) is 0 Å². The smallest absolute Gasteiger partial charge is 0.306 e. The fourth-order valence-electron chi connectivity index (χ4n) is 1.41. The van der Waals surface area contributed by atoms with E-state index in [0.29, 0.717) is 6.42 Å². The predicted octanol–water partition coefficient (Wildman–Crippen LogP) is 2.09. The number of hydrogen-bond acceptors (Lipinski definition) is 2. The van der Waals surface area contributed by atoms with Gasteiger partial charge in [0, 0.05) is 6.42 Å². The second-order valence-corrected chi connectivity index (χ2v) is 3.01. The van der Waals surface area contributed by atoms with E-state index >= 15 is 0 Å². The highest BCUT2D eigenvalue weighted by Crippen LogP contribution is 2.21. The topological polar surface area (TPSA) is 26.3 Å². The van der Waals surface area contributed by atoms with E-state index in [-0.39, 0.29) is 12.1 Å². The molecule has 1 aliphatic carbocycles. The minimum absolute atomic E-state index is 0.0700.